The summed E-state index contributed by atoms with van der Waals surface area (Å²) in [5.41, 5.74) is 1.92. The molecule has 1 saturated carbocycles. The number of rotatable bonds is 5. The molecular weight excluding hydrogens is 420 g/mol. The topological polar surface area (TPSA) is 57.6 Å². The van der Waals surface area contributed by atoms with Gasteiger partial charge < -0.3 is 14.5 Å². The van der Waals surface area contributed by atoms with Crippen molar-refractivity contribution in [2.45, 2.75) is 77.2 Å². The Hall–Kier alpha value is -1.66. The predicted octanol–water partition coefficient (Wildman–Crippen LogP) is 5.80. The zero-order chi connectivity index (χ0) is 22.9. The molecule has 2 fully saturated rings. The van der Waals surface area contributed by atoms with Crippen molar-refractivity contribution in [2.75, 3.05) is 32.1 Å². The van der Waals surface area contributed by atoms with Gasteiger partial charge in [-0.1, -0.05) is 13.0 Å². The number of amides is 1. The first-order valence-electron chi connectivity index (χ1n) is 12.5. The third kappa shape index (κ3) is 5.12. The highest BCUT2D eigenvalue weighted by Crippen LogP contribution is 2.41. The lowest BCUT2D eigenvalue weighted by atomic mass is 9.82. The highest BCUT2D eigenvalue weighted by atomic mass is 32.1. The lowest BCUT2D eigenvalue weighted by molar-refractivity contribution is -0.895. The molecule has 0 aromatic carbocycles. The predicted molar refractivity (Wildman–Crippen MR) is 131 cm³/mol. The number of quaternary nitrogens is 1. The maximum atomic E-state index is 13.9. The molecule has 176 valence electrons. The summed E-state index contributed by atoms with van der Waals surface area (Å²) in [6.45, 7) is 4.30. The molecule has 3 aliphatic rings. The molecule has 1 amide bonds. The van der Waals surface area contributed by atoms with Crippen molar-refractivity contribution in [1.29, 1.82) is 0 Å². The molecule has 0 radical (unpaired) electrons. The first-order valence-corrected chi connectivity index (χ1v) is 13.3. The number of carbonyl (C=O) groups excluding carboxylic acids is 1. The SMILES string of the molecule is CC1CCC(C(=O)N(c2cc(C3=CCCCC3)sc2C(=O)O)C2CC[N+](C)(C)CC2)CC1. The summed E-state index contributed by atoms with van der Waals surface area (Å²) in [6.07, 6.45) is 12.6. The number of aromatic carboxylic acids is 1. The van der Waals surface area contributed by atoms with Crippen LogP contribution in [0.5, 0.6) is 0 Å². The van der Waals surface area contributed by atoms with E-state index in [1.54, 1.807) is 0 Å². The van der Waals surface area contributed by atoms with Crippen LogP contribution in [0.2, 0.25) is 0 Å². The van der Waals surface area contributed by atoms with Gasteiger partial charge in [-0.05, 0) is 68.9 Å². The summed E-state index contributed by atoms with van der Waals surface area (Å²) in [7, 11) is 4.48. The number of carboxylic acid groups (broad SMARTS) is 1. The molecule has 1 aliphatic heterocycles. The first-order chi connectivity index (χ1) is 15.2. The van der Waals surface area contributed by atoms with E-state index < -0.39 is 5.97 Å². The van der Waals surface area contributed by atoms with E-state index in [-0.39, 0.29) is 17.9 Å². The summed E-state index contributed by atoms with van der Waals surface area (Å²) in [4.78, 5) is 29.6. The van der Waals surface area contributed by atoms with Gasteiger partial charge in [0.2, 0.25) is 5.91 Å². The average Bonchev–Trinajstić information content (AvgIpc) is 3.21. The smallest absolute Gasteiger partial charge is 0.348 e. The monoisotopic (exact) mass is 459 g/mol. The van der Waals surface area contributed by atoms with Crippen molar-refractivity contribution in [3.63, 3.8) is 0 Å². The van der Waals surface area contributed by atoms with E-state index >= 15 is 0 Å². The van der Waals surface area contributed by atoms with Crippen molar-refractivity contribution in [3.05, 3.63) is 21.9 Å². The van der Waals surface area contributed by atoms with Crippen LogP contribution in [0.3, 0.4) is 0 Å². The van der Waals surface area contributed by atoms with Crippen LogP contribution in [0.25, 0.3) is 5.57 Å². The second-order valence-corrected chi connectivity index (χ2v) is 11.9. The third-order valence-electron chi connectivity index (χ3n) is 7.88. The summed E-state index contributed by atoms with van der Waals surface area (Å²) >= 11 is 1.37. The Bertz CT molecular complexity index is 870. The maximum Gasteiger partial charge on any atom is 0.348 e. The molecule has 0 unspecified atom stereocenters. The van der Waals surface area contributed by atoms with Gasteiger partial charge in [-0.2, -0.15) is 0 Å². The van der Waals surface area contributed by atoms with Crippen LogP contribution in [-0.2, 0) is 4.79 Å². The molecule has 1 aromatic rings. The number of nitrogens with zero attached hydrogens (tertiary/aromatic N) is 2. The molecule has 32 heavy (non-hydrogen) atoms. The minimum absolute atomic E-state index is 0.0227. The van der Waals surface area contributed by atoms with Gasteiger partial charge in [0.05, 0.1) is 32.9 Å². The lowest BCUT2D eigenvalue weighted by Gasteiger charge is -2.42. The zero-order valence-electron chi connectivity index (χ0n) is 19.9. The van der Waals surface area contributed by atoms with Crippen molar-refractivity contribution in [2.24, 2.45) is 11.8 Å². The Morgan fingerprint density at radius 1 is 1.06 bits per heavy atom. The first kappa shape index (κ1) is 23.5. The Morgan fingerprint density at radius 3 is 2.34 bits per heavy atom. The Balaban J connectivity index is 1.70. The second kappa shape index (κ2) is 9.68. The molecule has 5 nitrogen and oxygen atoms in total. The van der Waals surface area contributed by atoms with E-state index in [4.69, 9.17) is 0 Å². The van der Waals surface area contributed by atoms with Gasteiger partial charge in [0.25, 0.3) is 0 Å². The van der Waals surface area contributed by atoms with E-state index in [0.29, 0.717) is 16.5 Å². The van der Waals surface area contributed by atoms with Crippen LogP contribution in [0.15, 0.2) is 12.1 Å². The van der Waals surface area contributed by atoms with Crippen molar-refractivity contribution in [1.82, 2.24) is 0 Å². The fourth-order valence-corrected chi connectivity index (χ4v) is 6.70. The molecule has 2 heterocycles. The number of carbonyl (C=O) groups is 2. The standard InChI is InChI=1S/C26H38N2O3S/c1-18-9-11-20(12-10-18)25(29)27(21-13-15-28(2,3)16-14-21)22-17-23(32-24(22)26(30)31)19-7-5-4-6-8-19/h7,17-18,20-21H,4-6,8-16H2,1-3H3/p+1. The lowest BCUT2D eigenvalue weighted by Crippen LogP contribution is -2.54. The summed E-state index contributed by atoms with van der Waals surface area (Å²) < 4.78 is 0.965. The van der Waals surface area contributed by atoms with Crippen LogP contribution in [-0.4, -0.2) is 54.7 Å². The van der Waals surface area contributed by atoms with Gasteiger partial charge in [-0.15, -0.1) is 11.3 Å². The molecular formula is C26H39N2O3S+. The molecule has 2 aliphatic carbocycles. The Morgan fingerprint density at radius 2 is 1.75 bits per heavy atom. The number of allylic oxidation sites excluding steroid dienone is 2. The number of piperidine rings is 1. The van der Waals surface area contributed by atoms with Gasteiger partial charge in [0, 0.05) is 29.7 Å². The van der Waals surface area contributed by atoms with Crippen LogP contribution in [0, 0.1) is 11.8 Å². The number of likely N-dealkylation sites (tertiary alicyclic amines) is 1. The maximum absolute atomic E-state index is 13.9. The van der Waals surface area contributed by atoms with Gasteiger partial charge in [0.1, 0.15) is 4.88 Å². The molecule has 4 rings (SSSR count). The Kier molecular flexibility index (Phi) is 7.11. The van der Waals surface area contributed by atoms with E-state index in [1.807, 2.05) is 11.0 Å². The number of hydrogen-bond acceptors (Lipinski definition) is 3. The molecule has 1 N–H and O–H groups in total. The number of carboxylic acids is 1. The molecule has 1 aromatic heterocycles. The fraction of sp³-hybridized carbons (Fsp3) is 0.692. The largest absolute Gasteiger partial charge is 0.477 e. The summed E-state index contributed by atoms with van der Waals surface area (Å²) in [6, 6.07) is 2.12. The van der Waals surface area contributed by atoms with E-state index in [0.717, 1.165) is 80.2 Å². The highest BCUT2D eigenvalue weighted by Gasteiger charge is 2.39. The zero-order valence-corrected chi connectivity index (χ0v) is 20.8. The molecule has 0 bridgehead atoms. The quantitative estimate of drug-likeness (QED) is 0.566. The third-order valence-corrected chi connectivity index (χ3v) is 9.06. The molecule has 6 heteroatoms. The summed E-state index contributed by atoms with van der Waals surface area (Å²) in [5, 5.41) is 10.1. The van der Waals surface area contributed by atoms with Crippen LogP contribution >= 0.6 is 11.3 Å². The van der Waals surface area contributed by atoms with Gasteiger partial charge >= 0.3 is 5.97 Å². The van der Waals surface area contributed by atoms with E-state index in [2.05, 4.69) is 27.1 Å². The van der Waals surface area contributed by atoms with Crippen molar-refractivity contribution < 1.29 is 19.2 Å². The van der Waals surface area contributed by atoms with Crippen LogP contribution in [0.1, 0.15) is 85.7 Å². The van der Waals surface area contributed by atoms with Crippen LogP contribution in [0.4, 0.5) is 5.69 Å². The van der Waals surface area contributed by atoms with Crippen molar-refractivity contribution >= 4 is 34.5 Å². The number of thiophene rings is 1. The molecule has 0 atom stereocenters. The van der Waals surface area contributed by atoms with Gasteiger partial charge in [-0.3, -0.25) is 4.79 Å². The van der Waals surface area contributed by atoms with Gasteiger partial charge in [0.15, 0.2) is 0 Å². The van der Waals surface area contributed by atoms with E-state index in [1.165, 1.54) is 23.3 Å². The minimum atomic E-state index is -0.908. The van der Waals surface area contributed by atoms with Gasteiger partial charge in [-0.25, -0.2) is 4.79 Å². The molecule has 1 saturated heterocycles. The second-order valence-electron chi connectivity index (χ2n) is 10.9. The Labute approximate surface area is 196 Å². The molecule has 0 spiro atoms. The summed E-state index contributed by atoms with van der Waals surface area (Å²) in [5.74, 6) is -0.0383. The minimum Gasteiger partial charge on any atom is -0.477 e. The van der Waals surface area contributed by atoms with Crippen LogP contribution < -0.4 is 4.90 Å². The number of anilines is 1. The normalized spacial score (nSPS) is 26.4. The number of hydrogen-bond donors (Lipinski definition) is 1. The van der Waals surface area contributed by atoms with Crippen molar-refractivity contribution in [3.8, 4) is 0 Å². The average molecular weight is 460 g/mol. The highest BCUT2D eigenvalue weighted by molar-refractivity contribution is 7.15. The van der Waals surface area contributed by atoms with E-state index in [9.17, 15) is 14.7 Å². The fourth-order valence-electron chi connectivity index (χ4n) is 5.64.